The first-order chi connectivity index (χ1) is 28.3. The molecule has 1 aliphatic carbocycles. The standard InChI is InChI=1S/C54H40N4/c1-54(2)28-27-44(53(54)56)51(55)42-19-9-8-17-40(42)45-32-36(29-35-13-6-7-16-38(35)45)39-20-12-21-43-46-30-33(23-25-48(46)57-52(39)43)34-24-26-50-47(31-34)41-18-10-11-22-49(41)58(50)37-14-4-3-5-15-37/h3-32,55,57H,56H2,1-2H3. The van der Waals surface area contributed by atoms with E-state index < -0.39 is 0 Å². The van der Waals surface area contributed by atoms with Crippen molar-refractivity contribution in [3.63, 3.8) is 0 Å². The van der Waals surface area contributed by atoms with Crippen LogP contribution in [0.25, 0.3) is 93.5 Å². The lowest BCUT2D eigenvalue weighted by Gasteiger charge is -2.19. The number of hydrogen-bond donors (Lipinski definition) is 3. The lowest BCUT2D eigenvalue weighted by atomic mass is 9.87. The Morgan fingerprint density at radius 3 is 2.05 bits per heavy atom. The third-order valence-corrected chi connectivity index (χ3v) is 12.2. The van der Waals surface area contributed by atoms with Crippen molar-refractivity contribution in [1.82, 2.24) is 9.55 Å². The van der Waals surface area contributed by atoms with Gasteiger partial charge in [0.1, 0.15) is 0 Å². The number of allylic oxidation sites excluding steroid dienone is 3. The lowest BCUT2D eigenvalue weighted by molar-refractivity contribution is 0.582. The normalized spacial score (nSPS) is 13.8. The highest BCUT2D eigenvalue weighted by Gasteiger charge is 2.28. The van der Waals surface area contributed by atoms with Crippen molar-refractivity contribution < 1.29 is 0 Å². The predicted molar refractivity (Wildman–Crippen MR) is 245 cm³/mol. The lowest BCUT2D eigenvalue weighted by Crippen LogP contribution is -2.19. The molecule has 4 N–H and O–H groups in total. The van der Waals surface area contributed by atoms with Crippen LogP contribution >= 0.6 is 0 Å². The van der Waals surface area contributed by atoms with Crippen LogP contribution in [0.5, 0.6) is 0 Å². The molecule has 0 fully saturated rings. The molecule has 0 radical (unpaired) electrons. The molecule has 0 aliphatic heterocycles. The smallest absolute Gasteiger partial charge is 0.0708 e. The van der Waals surface area contributed by atoms with Crippen LogP contribution in [0.15, 0.2) is 193 Å². The number of aromatic nitrogens is 2. The third kappa shape index (κ3) is 5.19. The maximum absolute atomic E-state index is 9.42. The van der Waals surface area contributed by atoms with Crippen LogP contribution in [0.1, 0.15) is 19.4 Å². The summed E-state index contributed by atoms with van der Waals surface area (Å²) in [6.45, 7) is 4.19. The minimum Gasteiger partial charge on any atom is -0.401 e. The fourth-order valence-corrected chi connectivity index (χ4v) is 9.16. The van der Waals surface area contributed by atoms with Crippen LogP contribution in [-0.2, 0) is 0 Å². The van der Waals surface area contributed by atoms with E-state index >= 15 is 0 Å². The highest BCUT2D eigenvalue weighted by atomic mass is 15.0. The van der Waals surface area contributed by atoms with Gasteiger partial charge in [0.2, 0.25) is 0 Å². The van der Waals surface area contributed by atoms with Gasteiger partial charge in [-0.1, -0.05) is 141 Å². The molecule has 0 unspecified atom stereocenters. The summed E-state index contributed by atoms with van der Waals surface area (Å²) in [7, 11) is 0. The average Bonchev–Trinajstić information content (AvgIpc) is 3.90. The van der Waals surface area contributed by atoms with Crippen LogP contribution in [-0.4, -0.2) is 15.3 Å². The second kappa shape index (κ2) is 12.8. The van der Waals surface area contributed by atoms with Crippen molar-refractivity contribution >= 4 is 60.1 Å². The molecule has 11 rings (SSSR count). The maximum Gasteiger partial charge on any atom is 0.0708 e. The Kier molecular flexibility index (Phi) is 7.48. The molecule has 0 atom stereocenters. The third-order valence-electron chi connectivity index (χ3n) is 12.2. The zero-order valence-electron chi connectivity index (χ0n) is 32.3. The Hall–Kier alpha value is -7.43. The second-order valence-electron chi connectivity index (χ2n) is 16.1. The number of nitrogens with zero attached hydrogens (tertiary/aromatic N) is 1. The van der Waals surface area contributed by atoms with Gasteiger partial charge in [-0.25, -0.2) is 0 Å². The Bertz CT molecular complexity index is 3390. The molecule has 0 bridgehead atoms. The second-order valence-corrected chi connectivity index (χ2v) is 16.1. The molecule has 276 valence electrons. The molecular formula is C54H40N4. The molecule has 10 aromatic rings. The molecule has 4 nitrogen and oxygen atoms in total. The Balaban J connectivity index is 1.04. The van der Waals surface area contributed by atoms with Crippen molar-refractivity contribution in [2.75, 3.05) is 0 Å². The first-order valence-electron chi connectivity index (χ1n) is 19.9. The first-order valence-corrected chi connectivity index (χ1v) is 19.9. The molecule has 0 saturated carbocycles. The van der Waals surface area contributed by atoms with Crippen molar-refractivity contribution in [3.8, 4) is 39.1 Å². The minimum absolute atomic E-state index is 0.278. The summed E-state index contributed by atoms with van der Waals surface area (Å²) >= 11 is 0. The fourth-order valence-electron chi connectivity index (χ4n) is 9.16. The number of hydrogen-bond acceptors (Lipinski definition) is 2. The maximum atomic E-state index is 9.42. The van der Waals surface area contributed by atoms with Gasteiger partial charge in [0.15, 0.2) is 0 Å². The monoisotopic (exact) mass is 744 g/mol. The SMILES string of the molecule is CC1(C)C=CC(C(=N)c2ccccc2-c2cc(-c3cccc4c3[nH]c3ccc(-c5ccc6c(c5)c5ccccc5n6-c5ccccc5)cc34)cc3ccccc23)=C1N. The van der Waals surface area contributed by atoms with E-state index in [2.05, 4.69) is 187 Å². The quantitative estimate of drug-likeness (QED) is 0.146. The summed E-state index contributed by atoms with van der Waals surface area (Å²) < 4.78 is 2.36. The highest BCUT2D eigenvalue weighted by Crippen LogP contribution is 2.42. The number of aromatic amines is 1. The van der Waals surface area contributed by atoms with Gasteiger partial charge in [0.25, 0.3) is 0 Å². The van der Waals surface area contributed by atoms with Crippen molar-refractivity contribution in [2.45, 2.75) is 13.8 Å². The van der Waals surface area contributed by atoms with Crippen LogP contribution in [0.3, 0.4) is 0 Å². The summed E-state index contributed by atoms with van der Waals surface area (Å²) in [5.41, 5.74) is 21.7. The minimum atomic E-state index is -0.278. The summed E-state index contributed by atoms with van der Waals surface area (Å²) in [4.78, 5) is 3.82. The van der Waals surface area contributed by atoms with Gasteiger partial charge in [-0.15, -0.1) is 0 Å². The summed E-state index contributed by atoms with van der Waals surface area (Å²) in [5, 5.41) is 16.6. The van der Waals surface area contributed by atoms with Crippen LogP contribution in [0.2, 0.25) is 0 Å². The van der Waals surface area contributed by atoms with Gasteiger partial charge >= 0.3 is 0 Å². The number of para-hydroxylation sites is 3. The number of nitrogens with two attached hydrogens (primary N) is 1. The average molecular weight is 745 g/mol. The van der Waals surface area contributed by atoms with Crippen LogP contribution in [0, 0.1) is 10.8 Å². The van der Waals surface area contributed by atoms with E-state index in [0.29, 0.717) is 5.71 Å². The number of fused-ring (bicyclic) bond motifs is 7. The summed E-state index contributed by atoms with van der Waals surface area (Å²) in [5.74, 6) is 0. The van der Waals surface area contributed by atoms with E-state index in [1.54, 1.807) is 0 Å². The van der Waals surface area contributed by atoms with E-state index in [4.69, 9.17) is 5.73 Å². The van der Waals surface area contributed by atoms with Gasteiger partial charge in [-0.05, 0) is 93.2 Å². The van der Waals surface area contributed by atoms with Crippen molar-refractivity contribution in [3.05, 3.63) is 199 Å². The summed E-state index contributed by atoms with van der Waals surface area (Å²) in [6, 6.07) is 61.0. The van der Waals surface area contributed by atoms with Gasteiger partial charge < -0.3 is 15.3 Å². The van der Waals surface area contributed by atoms with E-state index in [-0.39, 0.29) is 5.41 Å². The Morgan fingerprint density at radius 1 is 0.552 bits per heavy atom. The number of benzene rings is 8. The van der Waals surface area contributed by atoms with Gasteiger partial charge in [-0.3, -0.25) is 5.41 Å². The molecule has 0 amide bonds. The number of nitrogens with one attached hydrogen (secondary N) is 2. The van der Waals surface area contributed by atoms with E-state index in [0.717, 1.165) is 66.6 Å². The first kappa shape index (κ1) is 33.9. The van der Waals surface area contributed by atoms with Gasteiger partial charge in [0, 0.05) is 60.6 Å². The van der Waals surface area contributed by atoms with E-state index in [9.17, 15) is 5.41 Å². The molecule has 8 aromatic carbocycles. The van der Waals surface area contributed by atoms with Crippen LogP contribution in [0.4, 0.5) is 0 Å². The molecule has 58 heavy (non-hydrogen) atoms. The van der Waals surface area contributed by atoms with E-state index in [1.807, 2.05) is 18.2 Å². The molecule has 2 aromatic heterocycles. The largest absolute Gasteiger partial charge is 0.401 e. The molecule has 0 saturated heterocycles. The zero-order chi connectivity index (χ0) is 39.1. The molecule has 1 aliphatic rings. The van der Waals surface area contributed by atoms with Gasteiger partial charge in [0.05, 0.1) is 22.3 Å². The fraction of sp³-hybridized carbons (Fsp3) is 0.0556. The van der Waals surface area contributed by atoms with Crippen LogP contribution < -0.4 is 5.73 Å². The zero-order valence-corrected chi connectivity index (χ0v) is 32.3. The van der Waals surface area contributed by atoms with Crippen molar-refractivity contribution in [2.24, 2.45) is 11.1 Å². The molecule has 4 heteroatoms. The van der Waals surface area contributed by atoms with E-state index in [1.165, 1.54) is 43.7 Å². The molecule has 2 heterocycles. The number of rotatable bonds is 6. The molecular weight excluding hydrogens is 705 g/mol. The Labute approximate surface area is 336 Å². The van der Waals surface area contributed by atoms with Crippen molar-refractivity contribution in [1.29, 1.82) is 5.41 Å². The Morgan fingerprint density at radius 2 is 1.22 bits per heavy atom. The van der Waals surface area contributed by atoms with Gasteiger partial charge in [-0.2, -0.15) is 0 Å². The summed E-state index contributed by atoms with van der Waals surface area (Å²) in [6.07, 6.45) is 4.10. The predicted octanol–water partition coefficient (Wildman–Crippen LogP) is 13.7. The highest BCUT2D eigenvalue weighted by molar-refractivity contribution is 6.19. The molecule has 0 spiro atoms. The topological polar surface area (TPSA) is 70.6 Å². The number of H-pyrrole nitrogens is 1.